The number of carbonyl (C=O) groups is 1. The highest BCUT2D eigenvalue weighted by molar-refractivity contribution is 7.17. The summed E-state index contributed by atoms with van der Waals surface area (Å²) in [6.45, 7) is 0. The smallest absolute Gasteiger partial charge is 0.272 e. The van der Waals surface area contributed by atoms with E-state index in [1.54, 1.807) is 35.8 Å². The molecular formula is C16H12N2O2S. The summed E-state index contributed by atoms with van der Waals surface area (Å²) in [6, 6.07) is 11.4. The van der Waals surface area contributed by atoms with Gasteiger partial charge >= 0.3 is 0 Å². The first-order chi connectivity index (χ1) is 10.3. The van der Waals surface area contributed by atoms with Gasteiger partial charge in [-0.3, -0.25) is 4.79 Å². The number of carbonyl (C=O) groups excluding carboxylic acids is 1. The Labute approximate surface area is 125 Å². The third kappa shape index (κ3) is 3.09. The molecule has 0 radical (unpaired) electrons. The number of allylic oxidation sites excluding steroid dienone is 1. The van der Waals surface area contributed by atoms with E-state index in [2.05, 4.69) is 10.5 Å². The third-order valence-electron chi connectivity index (χ3n) is 2.86. The van der Waals surface area contributed by atoms with Crippen LogP contribution in [0.1, 0.15) is 16.1 Å². The van der Waals surface area contributed by atoms with Crippen molar-refractivity contribution in [1.29, 1.82) is 0 Å². The summed E-state index contributed by atoms with van der Waals surface area (Å²) >= 11 is 1.55. The standard InChI is InChI=1S/C16H12N2O2S/c19-16(14-11-21-15-8-2-1-7-13(14)15)18-17-9-3-5-12-6-4-10-20-12/h1-11H,(H,18,19). The van der Waals surface area contributed by atoms with Crippen LogP contribution in [0.5, 0.6) is 0 Å². The van der Waals surface area contributed by atoms with Gasteiger partial charge < -0.3 is 4.42 Å². The summed E-state index contributed by atoms with van der Waals surface area (Å²) in [5.74, 6) is 0.520. The van der Waals surface area contributed by atoms with Gasteiger partial charge in [-0.25, -0.2) is 5.43 Å². The number of thiophene rings is 1. The SMILES string of the molecule is O=C(NN=CC=Cc1ccco1)c1csc2ccccc12. The number of fused-ring (bicyclic) bond motifs is 1. The monoisotopic (exact) mass is 296 g/mol. The Kier molecular flexibility index (Phi) is 3.93. The lowest BCUT2D eigenvalue weighted by atomic mass is 10.2. The minimum Gasteiger partial charge on any atom is -0.465 e. The molecule has 0 aliphatic carbocycles. The van der Waals surface area contributed by atoms with Crippen molar-refractivity contribution in [3.63, 3.8) is 0 Å². The van der Waals surface area contributed by atoms with Crippen molar-refractivity contribution in [2.24, 2.45) is 5.10 Å². The Morgan fingerprint density at radius 2 is 2.14 bits per heavy atom. The molecule has 4 nitrogen and oxygen atoms in total. The zero-order valence-electron chi connectivity index (χ0n) is 11.0. The zero-order chi connectivity index (χ0) is 14.5. The molecule has 1 N–H and O–H groups in total. The van der Waals surface area contributed by atoms with Gasteiger partial charge in [-0.05, 0) is 30.4 Å². The van der Waals surface area contributed by atoms with Crippen molar-refractivity contribution in [2.75, 3.05) is 0 Å². The quantitative estimate of drug-likeness (QED) is 0.586. The third-order valence-corrected chi connectivity index (χ3v) is 3.82. The largest absolute Gasteiger partial charge is 0.465 e. The predicted octanol–water partition coefficient (Wildman–Crippen LogP) is 3.92. The molecule has 0 unspecified atom stereocenters. The van der Waals surface area contributed by atoms with Gasteiger partial charge in [0.05, 0.1) is 11.8 Å². The molecule has 0 saturated carbocycles. The number of furan rings is 1. The van der Waals surface area contributed by atoms with Crippen molar-refractivity contribution >= 4 is 39.6 Å². The van der Waals surface area contributed by atoms with Crippen LogP contribution in [-0.2, 0) is 0 Å². The fraction of sp³-hybridized carbons (Fsp3) is 0. The topological polar surface area (TPSA) is 54.6 Å². The number of amides is 1. The highest BCUT2D eigenvalue weighted by Crippen LogP contribution is 2.25. The Bertz CT molecular complexity index is 801. The van der Waals surface area contributed by atoms with Crippen LogP contribution in [0.15, 0.2) is 63.6 Å². The molecule has 1 amide bonds. The molecule has 104 valence electrons. The van der Waals surface area contributed by atoms with E-state index in [0.29, 0.717) is 5.56 Å². The van der Waals surface area contributed by atoms with Crippen LogP contribution in [0, 0.1) is 0 Å². The molecule has 0 aliphatic heterocycles. The van der Waals surface area contributed by atoms with Gasteiger partial charge in [-0.15, -0.1) is 11.3 Å². The van der Waals surface area contributed by atoms with E-state index < -0.39 is 0 Å². The van der Waals surface area contributed by atoms with Crippen LogP contribution in [0.3, 0.4) is 0 Å². The molecule has 0 fully saturated rings. The molecule has 0 bridgehead atoms. The molecule has 1 aromatic carbocycles. The first-order valence-corrected chi connectivity index (χ1v) is 7.22. The van der Waals surface area contributed by atoms with E-state index in [-0.39, 0.29) is 5.91 Å². The van der Waals surface area contributed by atoms with Crippen LogP contribution in [0.4, 0.5) is 0 Å². The van der Waals surface area contributed by atoms with Gasteiger partial charge in [0.25, 0.3) is 5.91 Å². The molecule has 3 rings (SSSR count). The maximum Gasteiger partial charge on any atom is 0.272 e. The minimum absolute atomic E-state index is 0.213. The van der Waals surface area contributed by atoms with Crippen molar-refractivity contribution in [2.45, 2.75) is 0 Å². The summed E-state index contributed by atoms with van der Waals surface area (Å²) < 4.78 is 6.22. The Morgan fingerprint density at radius 3 is 3.00 bits per heavy atom. The fourth-order valence-electron chi connectivity index (χ4n) is 1.88. The fourth-order valence-corrected chi connectivity index (χ4v) is 2.82. The lowest BCUT2D eigenvalue weighted by Gasteiger charge is -1.97. The summed E-state index contributed by atoms with van der Waals surface area (Å²) in [5, 5.41) is 6.67. The summed E-state index contributed by atoms with van der Waals surface area (Å²) in [7, 11) is 0. The van der Waals surface area contributed by atoms with Crippen molar-refractivity contribution in [3.05, 3.63) is 65.4 Å². The Hall–Kier alpha value is -2.66. The zero-order valence-corrected chi connectivity index (χ0v) is 11.8. The summed E-state index contributed by atoms with van der Waals surface area (Å²) in [6.07, 6.45) is 6.57. The second kappa shape index (κ2) is 6.19. The van der Waals surface area contributed by atoms with Gasteiger partial charge in [-0.1, -0.05) is 18.2 Å². The highest BCUT2D eigenvalue weighted by atomic mass is 32.1. The van der Waals surface area contributed by atoms with Gasteiger partial charge in [0.15, 0.2) is 0 Å². The first-order valence-electron chi connectivity index (χ1n) is 6.34. The molecular weight excluding hydrogens is 284 g/mol. The molecule has 0 spiro atoms. The molecule has 2 heterocycles. The number of benzene rings is 1. The maximum atomic E-state index is 12.1. The van der Waals surface area contributed by atoms with Gasteiger partial charge in [0, 0.05) is 21.7 Å². The summed E-state index contributed by atoms with van der Waals surface area (Å²) in [4.78, 5) is 12.1. The average molecular weight is 296 g/mol. The second-order valence-electron chi connectivity index (χ2n) is 4.24. The van der Waals surface area contributed by atoms with Crippen LogP contribution < -0.4 is 5.43 Å². The molecule has 5 heteroatoms. The normalized spacial score (nSPS) is 11.6. The number of hydrogen-bond acceptors (Lipinski definition) is 4. The van der Waals surface area contributed by atoms with E-state index >= 15 is 0 Å². The second-order valence-corrected chi connectivity index (χ2v) is 5.15. The number of rotatable bonds is 4. The first kappa shape index (κ1) is 13.3. The number of nitrogens with one attached hydrogen (secondary N) is 1. The van der Waals surface area contributed by atoms with Crippen molar-refractivity contribution in [1.82, 2.24) is 5.43 Å². The molecule has 0 saturated heterocycles. The minimum atomic E-state index is -0.213. The van der Waals surface area contributed by atoms with E-state index in [1.165, 1.54) is 6.21 Å². The number of hydrogen-bond donors (Lipinski definition) is 1. The van der Waals surface area contributed by atoms with E-state index in [4.69, 9.17) is 4.42 Å². The van der Waals surface area contributed by atoms with Gasteiger partial charge in [0.2, 0.25) is 0 Å². The maximum absolute atomic E-state index is 12.1. The highest BCUT2D eigenvalue weighted by Gasteiger charge is 2.10. The lowest BCUT2D eigenvalue weighted by molar-refractivity contribution is 0.0957. The van der Waals surface area contributed by atoms with Crippen LogP contribution >= 0.6 is 11.3 Å². The van der Waals surface area contributed by atoms with Crippen molar-refractivity contribution in [3.8, 4) is 0 Å². The molecule has 0 atom stereocenters. The summed E-state index contributed by atoms with van der Waals surface area (Å²) in [5.41, 5.74) is 3.15. The molecule has 21 heavy (non-hydrogen) atoms. The van der Waals surface area contributed by atoms with Gasteiger partial charge in [-0.2, -0.15) is 5.10 Å². The van der Waals surface area contributed by atoms with Crippen LogP contribution in [-0.4, -0.2) is 12.1 Å². The van der Waals surface area contributed by atoms with Gasteiger partial charge in [0.1, 0.15) is 5.76 Å². The van der Waals surface area contributed by atoms with Crippen molar-refractivity contribution < 1.29 is 9.21 Å². The lowest BCUT2D eigenvalue weighted by Crippen LogP contribution is -2.16. The predicted molar refractivity (Wildman–Crippen MR) is 85.5 cm³/mol. The Balaban J connectivity index is 1.64. The Morgan fingerprint density at radius 1 is 1.24 bits per heavy atom. The molecule has 2 aromatic heterocycles. The molecule has 0 aliphatic rings. The van der Waals surface area contributed by atoms with E-state index in [0.717, 1.165) is 15.8 Å². The van der Waals surface area contributed by atoms with Crippen LogP contribution in [0.2, 0.25) is 0 Å². The molecule has 3 aromatic rings. The number of hydrazone groups is 1. The van der Waals surface area contributed by atoms with E-state index in [1.807, 2.05) is 35.7 Å². The number of nitrogens with zero attached hydrogens (tertiary/aromatic N) is 1. The average Bonchev–Trinajstić information content (AvgIpc) is 3.16. The van der Waals surface area contributed by atoms with E-state index in [9.17, 15) is 4.79 Å². The van der Waals surface area contributed by atoms with Crippen LogP contribution in [0.25, 0.3) is 16.2 Å².